The number of aliphatic hydroxyl groups is 1. The van der Waals surface area contributed by atoms with Gasteiger partial charge in [0.25, 0.3) is 0 Å². The molecule has 1 rings (SSSR count). The first-order valence-electron chi connectivity index (χ1n) is 5.23. The second-order valence-electron chi connectivity index (χ2n) is 3.60. The highest BCUT2D eigenvalue weighted by Gasteiger charge is 2.34. The van der Waals surface area contributed by atoms with E-state index in [0.29, 0.717) is 22.2 Å². The fourth-order valence-electron chi connectivity index (χ4n) is 1.60. The van der Waals surface area contributed by atoms with Crippen molar-refractivity contribution in [3.63, 3.8) is 0 Å². The summed E-state index contributed by atoms with van der Waals surface area (Å²) < 4.78 is 11.0. The average molecular weight is 370 g/mol. The highest BCUT2D eigenvalue weighted by atomic mass is 79.9. The predicted molar refractivity (Wildman–Crippen MR) is 70.5 cm³/mol. The Morgan fingerprint density at radius 3 is 2.76 bits per heavy atom. The number of aliphatic hydroxyl groups excluding tert-OH is 1. The quantitative estimate of drug-likeness (QED) is 0.774. The molecule has 1 aliphatic rings. The predicted octanol–water partition coefficient (Wildman–Crippen LogP) is 2.95. The van der Waals surface area contributed by atoms with Crippen molar-refractivity contribution in [1.82, 2.24) is 0 Å². The van der Waals surface area contributed by atoms with E-state index >= 15 is 0 Å². The summed E-state index contributed by atoms with van der Waals surface area (Å²) in [7, 11) is 0. The molecule has 0 radical (unpaired) electrons. The van der Waals surface area contributed by atoms with Gasteiger partial charge in [0.1, 0.15) is 11.9 Å². The molecule has 2 atom stereocenters. The molecule has 0 saturated carbocycles. The minimum absolute atomic E-state index is 0.375. The summed E-state index contributed by atoms with van der Waals surface area (Å²) in [6.07, 6.45) is -0.0714. The Morgan fingerprint density at radius 2 is 2.35 bits per heavy atom. The van der Waals surface area contributed by atoms with Crippen LogP contribution in [0.15, 0.2) is 20.8 Å². The summed E-state index contributed by atoms with van der Waals surface area (Å²) in [5.74, 6) is 0.112. The van der Waals surface area contributed by atoms with E-state index in [1.54, 1.807) is 4.99 Å². The van der Waals surface area contributed by atoms with Crippen molar-refractivity contribution in [2.24, 2.45) is 0 Å². The van der Waals surface area contributed by atoms with Crippen LogP contribution in [0.5, 0.6) is 0 Å². The van der Waals surface area contributed by atoms with Crippen LogP contribution in [0.2, 0.25) is 0 Å². The van der Waals surface area contributed by atoms with Crippen LogP contribution in [0.1, 0.15) is 26.7 Å². The van der Waals surface area contributed by atoms with E-state index in [-0.39, 0.29) is 5.97 Å². The first-order chi connectivity index (χ1) is 8.01. The van der Waals surface area contributed by atoms with Crippen LogP contribution in [0.3, 0.4) is 0 Å². The van der Waals surface area contributed by atoms with Crippen LogP contribution in [0.4, 0.5) is 0 Å². The first kappa shape index (κ1) is 14.7. The Kier molecular flexibility index (Phi) is 5.69. The molecule has 0 saturated heterocycles. The molecule has 0 spiro atoms. The molecule has 1 unspecified atom stereocenters. The van der Waals surface area contributed by atoms with Crippen LogP contribution < -0.4 is 0 Å². The lowest BCUT2D eigenvalue weighted by Gasteiger charge is -2.19. The lowest BCUT2D eigenvalue weighted by Crippen LogP contribution is -2.25. The van der Waals surface area contributed by atoms with Gasteiger partial charge in [-0.15, -0.1) is 0 Å². The third kappa shape index (κ3) is 3.56. The van der Waals surface area contributed by atoms with Gasteiger partial charge >= 0.3 is 5.97 Å². The molecule has 0 amide bonds. The van der Waals surface area contributed by atoms with E-state index in [1.165, 1.54) is 6.92 Å². The molecule has 0 aromatic rings. The molecule has 0 aliphatic carbocycles. The van der Waals surface area contributed by atoms with E-state index in [2.05, 4.69) is 31.9 Å². The van der Waals surface area contributed by atoms with Crippen molar-refractivity contribution in [1.29, 1.82) is 0 Å². The van der Waals surface area contributed by atoms with E-state index in [4.69, 9.17) is 9.47 Å². The molecule has 0 aromatic carbocycles. The maximum absolute atomic E-state index is 11.0. The van der Waals surface area contributed by atoms with Crippen molar-refractivity contribution >= 4 is 37.8 Å². The Morgan fingerprint density at radius 1 is 1.71 bits per heavy atom. The minimum Gasteiger partial charge on any atom is -0.459 e. The molecule has 1 N–H and O–H groups in total. The number of hydrogen-bond acceptors (Lipinski definition) is 4. The molecule has 1 aliphatic heterocycles. The van der Waals surface area contributed by atoms with Gasteiger partial charge in [0, 0.05) is 11.9 Å². The fourth-order valence-corrected chi connectivity index (χ4v) is 2.90. The Balaban J connectivity index is 3.00. The summed E-state index contributed by atoms with van der Waals surface area (Å²) >= 11 is 6.48. The van der Waals surface area contributed by atoms with Crippen molar-refractivity contribution in [3.05, 3.63) is 20.8 Å². The zero-order valence-electron chi connectivity index (χ0n) is 9.57. The molecule has 0 aromatic heterocycles. The van der Waals surface area contributed by atoms with Gasteiger partial charge in [0.15, 0.2) is 0 Å². The molecule has 96 valence electrons. The Hall–Kier alpha value is -0.330. The molecule has 4 nitrogen and oxygen atoms in total. The Bertz CT molecular complexity index is 362. The maximum atomic E-state index is 11.0. The smallest absolute Gasteiger partial charge is 0.303 e. The monoisotopic (exact) mass is 368 g/mol. The topological polar surface area (TPSA) is 55.8 Å². The van der Waals surface area contributed by atoms with Crippen LogP contribution in [0, 0.1) is 0 Å². The number of halogens is 2. The van der Waals surface area contributed by atoms with E-state index in [9.17, 15) is 9.90 Å². The Labute approximate surface area is 117 Å². The van der Waals surface area contributed by atoms with Crippen LogP contribution >= 0.6 is 31.9 Å². The SMILES string of the molecule is CCC[C@@H](OC(C)=O)C1=C(Br)/C(=C/Br)OC1O. The van der Waals surface area contributed by atoms with Crippen LogP contribution in [-0.2, 0) is 14.3 Å². The lowest BCUT2D eigenvalue weighted by atomic mass is 10.1. The third-order valence-corrected chi connectivity index (χ3v) is 3.54. The molecule has 0 bridgehead atoms. The van der Waals surface area contributed by atoms with Gasteiger partial charge in [-0.3, -0.25) is 4.79 Å². The van der Waals surface area contributed by atoms with Crippen LogP contribution in [0.25, 0.3) is 0 Å². The summed E-state index contributed by atoms with van der Waals surface area (Å²) in [6.45, 7) is 3.33. The third-order valence-electron chi connectivity index (χ3n) is 2.28. The summed E-state index contributed by atoms with van der Waals surface area (Å²) in [6, 6.07) is 0. The van der Waals surface area contributed by atoms with Crippen molar-refractivity contribution in [3.8, 4) is 0 Å². The highest BCUT2D eigenvalue weighted by Crippen LogP contribution is 2.37. The number of rotatable bonds is 4. The fraction of sp³-hybridized carbons (Fsp3) is 0.545. The molecule has 17 heavy (non-hydrogen) atoms. The van der Waals surface area contributed by atoms with Gasteiger partial charge in [-0.1, -0.05) is 29.3 Å². The van der Waals surface area contributed by atoms with Crippen molar-refractivity contribution < 1.29 is 19.4 Å². The summed E-state index contributed by atoms with van der Waals surface area (Å²) in [5.41, 5.74) is 0.549. The molecule has 0 fully saturated rings. The summed E-state index contributed by atoms with van der Waals surface area (Å²) in [5, 5.41) is 9.81. The van der Waals surface area contributed by atoms with Crippen molar-refractivity contribution in [2.75, 3.05) is 0 Å². The summed E-state index contributed by atoms with van der Waals surface area (Å²) in [4.78, 5) is 12.6. The van der Waals surface area contributed by atoms with Gasteiger partial charge in [-0.2, -0.15) is 0 Å². The number of allylic oxidation sites excluding steroid dienone is 1. The van der Waals surface area contributed by atoms with Gasteiger partial charge in [-0.25, -0.2) is 0 Å². The maximum Gasteiger partial charge on any atom is 0.303 e. The average Bonchev–Trinajstić information content (AvgIpc) is 2.52. The minimum atomic E-state index is -1.08. The standard InChI is InChI=1S/C11H14Br2O4/c1-3-4-7(16-6(2)14)9-10(13)8(5-12)17-11(9)15/h5,7,11,15H,3-4H2,1-2H3/b8-5-/t7-,11?/m1/s1. The van der Waals surface area contributed by atoms with Gasteiger partial charge in [0.2, 0.25) is 6.29 Å². The number of carbonyl (C=O) groups is 1. The van der Waals surface area contributed by atoms with E-state index in [1.807, 2.05) is 6.92 Å². The number of carbonyl (C=O) groups excluding carboxylic acids is 1. The van der Waals surface area contributed by atoms with E-state index in [0.717, 1.165) is 6.42 Å². The first-order valence-corrected chi connectivity index (χ1v) is 6.94. The number of hydrogen-bond donors (Lipinski definition) is 1. The number of esters is 1. The van der Waals surface area contributed by atoms with Gasteiger partial charge in [-0.05, 0) is 22.4 Å². The second-order valence-corrected chi connectivity index (χ2v) is 4.85. The lowest BCUT2D eigenvalue weighted by molar-refractivity contribution is -0.146. The van der Waals surface area contributed by atoms with Gasteiger partial charge in [0.05, 0.1) is 10.1 Å². The zero-order chi connectivity index (χ0) is 13.0. The molecular weight excluding hydrogens is 356 g/mol. The largest absolute Gasteiger partial charge is 0.459 e. The normalized spacial score (nSPS) is 23.8. The second kappa shape index (κ2) is 6.56. The highest BCUT2D eigenvalue weighted by molar-refractivity contribution is 9.12. The molecule has 1 heterocycles. The zero-order valence-corrected chi connectivity index (χ0v) is 12.7. The molecule has 6 heteroatoms. The number of ether oxygens (including phenoxy) is 2. The van der Waals surface area contributed by atoms with Crippen LogP contribution in [-0.4, -0.2) is 23.5 Å². The van der Waals surface area contributed by atoms with Crippen molar-refractivity contribution in [2.45, 2.75) is 39.1 Å². The van der Waals surface area contributed by atoms with E-state index < -0.39 is 12.4 Å². The van der Waals surface area contributed by atoms with Gasteiger partial charge < -0.3 is 14.6 Å². The molecular formula is C11H14Br2O4.